The third kappa shape index (κ3) is 2.68. The van der Waals surface area contributed by atoms with Crippen LogP contribution in [-0.4, -0.2) is 23.5 Å². The number of nitrogens with one attached hydrogen (secondary N) is 2. The largest absolute Gasteiger partial charge is 0.292 e. The lowest BCUT2D eigenvalue weighted by Gasteiger charge is -2.06. The highest BCUT2D eigenvalue weighted by atomic mass is 32.2. The number of benzene rings is 1. The van der Waals surface area contributed by atoms with Crippen LogP contribution in [0.5, 0.6) is 0 Å². The molecule has 0 saturated carbocycles. The van der Waals surface area contributed by atoms with Gasteiger partial charge in [0, 0.05) is 6.07 Å². The Kier molecular flexibility index (Phi) is 3.17. The summed E-state index contributed by atoms with van der Waals surface area (Å²) >= 11 is 0. The van der Waals surface area contributed by atoms with Gasteiger partial charge in [0.1, 0.15) is 11.6 Å². The molecule has 0 radical (unpaired) electrons. The highest BCUT2D eigenvalue weighted by molar-refractivity contribution is 7.92. The second-order valence-corrected chi connectivity index (χ2v) is 5.10. The molecule has 0 aliphatic carbocycles. The molecule has 19 heavy (non-hydrogen) atoms. The fraction of sp³-hybridized carbons (Fsp3) is 0. The van der Waals surface area contributed by atoms with E-state index < -0.39 is 31.3 Å². The highest BCUT2D eigenvalue weighted by Crippen LogP contribution is 2.25. The zero-order valence-corrected chi connectivity index (χ0v) is 10.0. The van der Waals surface area contributed by atoms with Crippen molar-refractivity contribution in [2.24, 2.45) is 0 Å². The Labute approximate surface area is 106 Å². The molecule has 1 aromatic carbocycles. The molecule has 100 valence electrons. The van der Waals surface area contributed by atoms with Gasteiger partial charge in [-0.3, -0.25) is 19.9 Å². The van der Waals surface area contributed by atoms with Gasteiger partial charge >= 0.3 is 0 Å². The second kappa shape index (κ2) is 4.65. The average molecular weight is 286 g/mol. The van der Waals surface area contributed by atoms with Gasteiger partial charge in [0.25, 0.3) is 15.7 Å². The number of rotatable bonds is 4. The lowest BCUT2D eigenvalue weighted by Crippen LogP contribution is -2.15. The standard InChI is InChI=1S/C9H7FN4O4S/c10-6-1-2-8(7(5-6)14(15)16)19(17,18)13-9-3-4-11-12-9/h1-5H,(H2,11,12,13). The molecule has 2 N–H and O–H groups in total. The smallest absolute Gasteiger partial charge is 0.264 e. The van der Waals surface area contributed by atoms with Gasteiger partial charge in [-0.2, -0.15) is 5.10 Å². The number of aromatic amines is 1. The third-order valence-electron chi connectivity index (χ3n) is 2.15. The molecule has 0 fully saturated rings. The molecular weight excluding hydrogens is 279 g/mol. The summed E-state index contributed by atoms with van der Waals surface area (Å²) < 4.78 is 38.9. The van der Waals surface area contributed by atoms with Gasteiger partial charge in [-0.15, -0.1) is 0 Å². The Morgan fingerprint density at radius 3 is 2.68 bits per heavy atom. The van der Waals surface area contributed by atoms with Gasteiger partial charge in [-0.1, -0.05) is 0 Å². The van der Waals surface area contributed by atoms with E-state index in [-0.39, 0.29) is 5.82 Å². The van der Waals surface area contributed by atoms with E-state index in [0.717, 1.165) is 12.1 Å². The number of sulfonamides is 1. The number of nitro benzene ring substituents is 1. The van der Waals surface area contributed by atoms with E-state index in [1.165, 1.54) is 12.3 Å². The van der Waals surface area contributed by atoms with Crippen LogP contribution in [0.25, 0.3) is 0 Å². The van der Waals surface area contributed by atoms with Gasteiger partial charge in [-0.25, -0.2) is 12.8 Å². The maximum absolute atomic E-state index is 12.9. The van der Waals surface area contributed by atoms with Crippen LogP contribution in [-0.2, 0) is 10.0 Å². The second-order valence-electron chi connectivity index (χ2n) is 3.44. The van der Waals surface area contributed by atoms with Gasteiger partial charge in [-0.05, 0) is 12.1 Å². The molecule has 10 heteroatoms. The molecule has 0 aliphatic rings. The quantitative estimate of drug-likeness (QED) is 0.648. The molecule has 0 unspecified atom stereocenters. The molecule has 1 aromatic heterocycles. The summed E-state index contributed by atoms with van der Waals surface area (Å²) in [7, 11) is -4.21. The first-order valence-corrected chi connectivity index (χ1v) is 6.34. The molecule has 2 aromatic rings. The molecular formula is C9H7FN4O4S. The average Bonchev–Trinajstić information content (AvgIpc) is 2.80. The van der Waals surface area contributed by atoms with Crippen LogP contribution in [0.4, 0.5) is 15.9 Å². The van der Waals surface area contributed by atoms with Crippen molar-refractivity contribution in [3.63, 3.8) is 0 Å². The normalized spacial score (nSPS) is 11.2. The first-order chi connectivity index (χ1) is 8.90. The third-order valence-corrected chi connectivity index (χ3v) is 3.57. The van der Waals surface area contributed by atoms with E-state index in [2.05, 4.69) is 14.9 Å². The SMILES string of the molecule is O=[N+]([O-])c1cc(F)ccc1S(=O)(=O)Nc1ccn[nH]1. The minimum atomic E-state index is -4.21. The molecule has 0 spiro atoms. The van der Waals surface area contributed by atoms with Crippen LogP contribution < -0.4 is 4.72 Å². The van der Waals surface area contributed by atoms with E-state index in [0.29, 0.717) is 6.07 Å². The molecule has 0 aliphatic heterocycles. The van der Waals surface area contributed by atoms with E-state index in [4.69, 9.17) is 0 Å². The van der Waals surface area contributed by atoms with Crippen LogP contribution in [0.1, 0.15) is 0 Å². The predicted molar refractivity (Wildman–Crippen MR) is 62.5 cm³/mol. The first-order valence-electron chi connectivity index (χ1n) is 4.86. The fourth-order valence-electron chi connectivity index (χ4n) is 1.37. The number of aromatic nitrogens is 2. The van der Waals surface area contributed by atoms with E-state index in [1.54, 1.807) is 0 Å². The van der Waals surface area contributed by atoms with Crippen LogP contribution >= 0.6 is 0 Å². The molecule has 0 saturated heterocycles. The zero-order valence-electron chi connectivity index (χ0n) is 9.20. The van der Waals surface area contributed by atoms with Crippen molar-refractivity contribution in [3.05, 3.63) is 46.4 Å². The molecule has 0 atom stereocenters. The van der Waals surface area contributed by atoms with Gasteiger partial charge in [0.2, 0.25) is 0 Å². The Hall–Kier alpha value is -2.49. The Balaban J connectivity index is 2.49. The Bertz CT molecular complexity index is 714. The fourth-order valence-corrected chi connectivity index (χ4v) is 2.54. The number of nitrogens with zero attached hydrogens (tertiary/aromatic N) is 2. The molecule has 1 heterocycles. The number of halogens is 1. The molecule has 2 rings (SSSR count). The maximum atomic E-state index is 12.9. The highest BCUT2D eigenvalue weighted by Gasteiger charge is 2.26. The Morgan fingerprint density at radius 2 is 2.11 bits per heavy atom. The summed E-state index contributed by atoms with van der Waals surface area (Å²) in [5.41, 5.74) is -0.841. The number of hydrogen-bond acceptors (Lipinski definition) is 5. The van der Waals surface area contributed by atoms with Crippen molar-refractivity contribution < 1.29 is 17.7 Å². The van der Waals surface area contributed by atoms with Crippen molar-refractivity contribution in [2.75, 3.05) is 4.72 Å². The number of H-pyrrole nitrogens is 1. The lowest BCUT2D eigenvalue weighted by molar-refractivity contribution is -0.388. The summed E-state index contributed by atoms with van der Waals surface area (Å²) in [4.78, 5) is 9.15. The Morgan fingerprint density at radius 1 is 1.37 bits per heavy atom. The van der Waals surface area contributed by atoms with E-state index in [9.17, 15) is 22.9 Å². The number of hydrogen-bond donors (Lipinski definition) is 2. The first kappa shape index (κ1) is 13.0. The van der Waals surface area contributed by atoms with Crippen molar-refractivity contribution in [3.8, 4) is 0 Å². The molecule has 0 bridgehead atoms. The maximum Gasteiger partial charge on any atom is 0.292 e. The number of anilines is 1. The van der Waals surface area contributed by atoms with Gasteiger partial charge in [0.15, 0.2) is 4.90 Å². The van der Waals surface area contributed by atoms with Crippen molar-refractivity contribution in [2.45, 2.75) is 4.90 Å². The summed E-state index contributed by atoms with van der Waals surface area (Å²) in [5.74, 6) is -0.856. The van der Waals surface area contributed by atoms with Crippen molar-refractivity contribution in [1.82, 2.24) is 10.2 Å². The van der Waals surface area contributed by atoms with Crippen LogP contribution in [0, 0.1) is 15.9 Å². The van der Waals surface area contributed by atoms with Crippen LogP contribution in [0.3, 0.4) is 0 Å². The predicted octanol–water partition coefficient (Wildman–Crippen LogP) is 1.26. The van der Waals surface area contributed by atoms with Crippen LogP contribution in [0.15, 0.2) is 35.4 Å². The monoisotopic (exact) mass is 286 g/mol. The van der Waals surface area contributed by atoms with Gasteiger partial charge < -0.3 is 0 Å². The summed E-state index contributed by atoms with van der Waals surface area (Å²) in [6.45, 7) is 0. The number of nitro groups is 1. The van der Waals surface area contributed by atoms with Crippen molar-refractivity contribution in [1.29, 1.82) is 0 Å². The lowest BCUT2D eigenvalue weighted by atomic mass is 10.3. The summed E-state index contributed by atoms with van der Waals surface area (Å²) in [6, 6.07) is 3.52. The summed E-state index contributed by atoms with van der Waals surface area (Å²) in [5, 5.41) is 16.6. The summed E-state index contributed by atoms with van der Waals surface area (Å²) in [6.07, 6.45) is 1.30. The zero-order chi connectivity index (χ0) is 14.0. The van der Waals surface area contributed by atoms with Gasteiger partial charge in [0.05, 0.1) is 17.2 Å². The van der Waals surface area contributed by atoms with Crippen LogP contribution in [0.2, 0.25) is 0 Å². The minimum absolute atomic E-state index is 0.0404. The minimum Gasteiger partial charge on any atom is -0.264 e. The van der Waals surface area contributed by atoms with E-state index in [1.807, 2.05) is 0 Å². The van der Waals surface area contributed by atoms with E-state index >= 15 is 0 Å². The molecule has 0 amide bonds. The molecule has 8 nitrogen and oxygen atoms in total. The topological polar surface area (TPSA) is 118 Å². The van der Waals surface area contributed by atoms with Crippen molar-refractivity contribution >= 4 is 21.5 Å².